The minimum absolute atomic E-state index is 0.150. The van der Waals surface area contributed by atoms with E-state index in [4.69, 9.17) is 4.74 Å². The molecule has 0 saturated heterocycles. The normalized spacial score (nSPS) is 16.9. The van der Waals surface area contributed by atoms with Crippen molar-refractivity contribution in [3.05, 3.63) is 34.3 Å². The van der Waals surface area contributed by atoms with E-state index in [1.54, 1.807) is 0 Å². The lowest BCUT2D eigenvalue weighted by molar-refractivity contribution is 0.0369. The number of ether oxygens (including phenoxy) is 1. The highest BCUT2D eigenvalue weighted by molar-refractivity contribution is 9.10. The molecule has 2 nitrogen and oxygen atoms in total. The van der Waals surface area contributed by atoms with Gasteiger partial charge in [-0.15, -0.1) is 0 Å². The van der Waals surface area contributed by atoms with Gasteiger partial charge < -0.3 is 10.1 Å². The molecule has 0 aliphatic heterocycles. The van der Waals surface area contributed by atoms with E-state index in [1.807, 2.05) is 0 Å². The Hall–Kier alpha value is -0.380. The molecule has 0 bridgehead atoms. The molecule has 20 heavy (non-hydrogen) atoms. The molecule has 2 rings (SSSR count). The van der Waals surface area contributed by atoms with Crippen molar-refractivity contribution in [1.29, 1.82) is 0 Å². The molecule has 1 aromatic carbocycles. The molecule has 1 unspecified atom stereocenters. The molecule has 1 atom stereocenters. The third-order valence-corrected chi connectivity index (χ3v) is 4.80. The van der Waals surface area contributed by atoms with Crippen LogP contribution < -0.4 is 5.32 Å². The molecular weight excluding hydrogens is 314 g/mol. The molecule has 0 radical (unpaired) electrons. The number of halogens is 1. The molecule has 0 heterocycles. The first kappa shape index (κ1) is 16.0. The Bertz CT molecular complexity index is 392. The van der Waals surface area contributed by atoms with E-state index in [1.165, 1.54) is 31.2 Å². The van der Waals surface area contributed by atoms with E-state index in [0.717, 1.165) is 36.5 Å². The highest BCUT2D eigenvalue weighted by atomic mass is 79.9. The van der Waals surface area contributed by atoms with Crippen LogP contribution in [0, 0.1) is 5.92 Å². The predicted octanol–water partition coefficient (Wildman–Crippen LogP) is 4.70. The van der Waals surface area contributed by atoms with E-state index in [9.17, 15) is 0 Å². The minimum atomic E-state index is 0.150. The van der Waals surface area contributed by atoms with Gasteiger partial charge >= 0.3 is 0 Å². The van der Waals surface area contributed by atoms with Gasteiger partial charge in [0.1, 0.15) is 0 Å². The fourth-order valence-corrected chi connectivity index (χ4v) is 3.10. The van der Waals surface area contributed by atoms with Crippen molar-refractivity contribution in [2.45, 2.75) is 45.1 Å². The fraction of sp³-hybridized carbons (Fsp3) is 0.647. The van der Waals surface area contributed by atoms with E-state index < -0.39 is 0 Å². The molecule has 112 valence electrons. The Morgan fingerprint density at radius 3 is 2.80 bits per heavy atom. The SMILES string of the molecule is CCCNCC(OCCC1CCC1)c1ccccc1Br. The van der Waals surface area contributed by atoms with Crippen LogP contribution in [0.4, 0.5) is 0 Å². The molecular formula is C17H26BrNO. The number of hydrogen-bond acceptors (Lipinski definition) is 2. The maximum atomic E-state index is 6.17. The van der Waals surface area contributed by atoms with Crippen molar-refractivity contribution in [2.24, 2.45) is 5.92 Å². The zero-order chi connectivity index (χ0) is 14.2. The Balaban J connectivity index is 1.87. The Labute approximate surface area is 131 Å². The molecule has 1 saturated carbocycles. The maximum absolute atomic E-state index is 6.17. The molecule has 1 aliphatic rings. The van der Waals surface area contributed by atoms with Crippen LogP contribution >= 0.6 is 15.9 Å². The van der Waals surface area contributed by atoms with Crippen molar-refractivity contribution >= 4 is 15.9 Å². The van der Waals surface area contributed by atoms with Gasteiger partial charge in [0.25, 0.3) is 0 Å². The molecule has 1 N–H and O–H groups in total. The monoisotopic (exact) mass is 339 g/mol. The van der Waals surface area contributed by atoms with Crippen LogP contribution in [0.5, 0.6) is 0 Å². The lowest BCUT2D eigenvalue weighted by atomic mass is 9.83. The predicted molar refractivity (Wildman–Crippen MR) is 88.0 cm³/mol. The summed E-state index contributed by atoms with van der Waals surface area (Å²) in [7, 11) is 0. The number of benzene rings is 1. The average Bonchev–Trinajstić information content (AvgIpc) is 2.40. The summed E-state index contributed by atoms with van der Waals surface area (Å²) >= 11 is 3.64. The van der Waals surface area contributed by atoms with Crippen molar-refractivity contribution < 1.29 is 4.74 Å². The number of rotatable bonds is 9. The molecule has 1 aliphatic carbocycles. The van der Waals surface area contributed by atoms with Gasteiger partial charge in [0.05, 0.1) is 6.10 Å². The topological polar surface area (TPSA) is 21.3 Å². The van der Waals surface area contributed by atoms with Crippen LogP contribution in [-0.4, -0.2) is 19.7 Å². The van der Waals surface area contributed by atoms with Crippen LogP contribution in [0.2, 0.25) is 0 Å². The van der Waals surface area contributed by atoms with Gasteiger partial charge in [-0.3, -0.25) is 0 Å². The average molecular weight is 340 g/mol. The second-order valence-electron chi connectivity index (χ2n) is 5.67. The van der Waals surface area contributed by atoms with Crippen molar-refractivity contribution in [3.8, 4) is 0 Å². The van der Waals surface area contributed by atoms with E-state index in [0.29, 0.717) is 0 Å². The van der Waals surface area contributed by atoms with Crippen LogP contribution in [0.15, 0.2) is 28.7 Å². The summed E-state index contributed by atoms with van der Waals surface area (Å²) in [5, 5.41) is 3.48. The second-order valence-corrected chi connectivity index (χ2v) is 6.53. The first-order valence-electron chi connectivity index (χ1n) is 7.88. The van der Waals surface area contributed by atoms with Gasteiger partial charge in [0, 0.05) is 17.6 Å². The fourth-order valence-electron chi connectivity index (χ4n) is 2.56. The van der Waals surface area contributed by atoms with Crippen LogP contribution in [-0.2, 0) is 4.74 Å². The zero-order valence-corrected chi connectivity index (χ0v) is 14.0. The molecule has 0 amide bonds. The highest BCUT2D eigenvalue weighted by Crippen LogP contribution is 2.31. The standard InChI is InChI=1S/C17H26BrNO/c1-2-11-19-13-17(15-8-3-4-9-16(15)18)20-12-10-14-6-5-7-14/h3-4,8-9,14,17,19H,2,5-7,10-13H2,1H3. The second kappa shape index (κ2) is 8.81. The highest BCUT2D eigenvalue weighted by Gasteiger charge is 2.19. The lowest BCUT2D eigenvalue weighted by Crippen LogP contribution is -2.25. The first-order valence-corrected chi connectivity index (χ1v) is 8.67. The first-order chi connectivity index (χ1) is 9.81. The Kier molecular flexibility index (Phi) is 7.05. The summed E-state index contributed by atoms with van der Waals surface area (Å²) in [6.45, 7) is 5.01. The smallest absolute Gasteiger partial charge is 0.0960 e. The number of nitrogens with one attached hydrogen (secondary N) is 1. The maximum Gasteiger partial charge on any atom is 0.0960 e. The zero-order valence-electron chi connectivity index (χ0n) is 12.4. The lowest BCUT2D eigenvalue weighted by Gasteiger charge is -2.27. The summed E-state index contributed by atoms with van der Waals surface area (Å²) in [6.07, 6.45) is 6.74. The molecule has 3 heteroatoms. The van der Waals surface area contributed by atoms with Crippen LogP contribution in [0.1, 0.15) is 50.7 Å². The summed E-state index contributed by atoms with van der Waals surface area (Å²) in [5.41, 5.74) is 1.25. The summed E-state index contributed by atoms with van der Waals surface area (Å²) in [4.78, 5) is 0. The summed E-state index contributed by atoms with van der Waals surface area (Å²) in [5.74, 6) is 0.915. The Morgan fingerprint density at radius 1 is 1.35 bits per heavy atom. The van der Waals surface area contributed by atoms with Gasteiger partial charge in [-0.1, -0.05) is 60.3 Å². The summed E-state index contributed by atoms with van der Waals surface area (Å²) < 4.78 is 7.31. The molecule has 0 aromatic heterocycles. The summed E-state index contributed by atoms with van der Waals surface area (Å²) in [6, 6.07) is 8.39. The van der Waals surface area contributed by atoms with Gasteiger partial charge in [-0.05, 0) is 36.9 Å². The van der Waals surface area contributed by atoms with Crippen molar-refractivity contribution in [3.63, 3.8) is 0 Å². The quantitative estimate of drug-likeness (QED) is 0.658. The molecule has 1 aromatic rings. The van der Waals surface area contributed by atoms with Crippen LogP contribution in [0.25, 0.3) is 0 Å². The van der Waals surface area contributed by atoms with Crippen LogP contribution in [0.3, 0.4) is 0 Å². The number of hydrogen-bond donors (Lipinski definition) is 1. The van der Waals surface area contributed by atoms with Crippen molar-refractivity contribution in [2.75, 3.05) is 19.7 Å². The van der Waals surface area contributed by atoms with Gasteiger partial charge in [-0.25, -0.2) is 0 Å². The van der Waals surface area contributed by atoms with E-state index in [2.05, 4.69) is 52.4 Å². The third-order valence-electron chi connectivity index (χ3n) is 4.08. The largest absolute Gasteiger partial charge is 0.372 e. The molecule has 0 spiro atoms. The third kappa shape index (κ3) is 4.87. The van der Waals surface area contributed by atoms with Gasteiger partial charge in [0.15, 0.2) is 0 Å². The van der Waals surface area contributed by atoms with E-state index in [-0.39, 0.29) is 6.10 Å². The molecule has 1 fully saturated rings. The van der Waals surface area contributed by atoms with Crippen molar-refractivity contribution in [1.82, 2.24) is 5.32 Å². The van der Waals surface area contributed by atoms with Gasteiger partial charge in [-0.2, -0.15) is 0 Å². The minimum Gasteiger partial charge on any atom is -0.372 e. The van der Waals surface area contributed by atoms with Gasteiger partial charge in [0.2, 0.25) is 0 Å². The van der Waals surface area contributed by atoms with E-state index >= 15 is 0 Å². The Morgan fingerprint density at radius 2 is 2.15 bits per heavy atom.